The molecule has 3 heterocycles. The molecule has 1 aromatic carbocycles. The third-order valence-corrected chi connectivity index (χ3v) is 3.96. The molecule has 0 bridgehead atoms. The van der Waals surface area contributed by atoms with Crippen LogP contribution in [0.1, 0.15) is 5.56 Å². The molecule has 0 saturated carbocycles. The topological polar surface area (TPSA) is 68.2 Å². The standard InChI is InChI=1S/C14H9BrFN5O/c15-10-6-18-14(21-7-19-20-13(10)21)17-5-9-8-3-4-22-12(8)2-1-11(9)16/h1-4,6-7H,5H2,(H,17,18). The second-order valence-electron chi connectivity index (χ2n) is 4.67. The molecule has 0 fully saturated rings. The smallest absolute Gasteiger partial charge is 0.210 e. The fourth-order valence-electron chi connectivity index (χ4n) is 2.35. The van der Waals surface area contributed by atoms with Gasteiger partial charge in [0.1, 0.15) is 17.7 Å². The molecule has 8 heteroatoms. The van der Waals surface area contributed by atoms with Crippen molar-refractivity contribution in [1.82, 2.24) is 19.6 Å². The lowest BCUT2D eigenvalue weighted by molar-refractivity contribution is 0.603. The number of nitrogens with zero attached hydrogens (tertiary/aromatic N) is 4. The second-order valence-corrected chi connectivity index (χ2v) is 5.52. The average molecular weight is 362 g/mol. The number of hydrogen-bond donors (Lipinski definition) is 1. The molecule has 0 amide bonds. The lowest BCUT2D eigenvalue weighted by Crippen LogP contribution is -2.08. The molecule has 0 aliphatic carbocycles. The summed E-state index contributed by atoms with van der Waals surface area (Å²) in [6.45, 7) is 0.268. The zero-order chi connectivity index (χ0) is 15.1. The average Bonchev–Trinajstić information content (AvgIpc) is 3.17. The number of furan rings is 1. The molecule has 3 aromatic heterocycles. The van der Waals surface area contributed by atoms with E-state index in [0.29, 0.717) is 22.7 Å². The van der Waals surface area contributed by atoms with Crippen LogP contribution in [0.2, 0.25) is 0 Å². The molecule has 0 atom stereocenters. The number of anilines is 1. The van der Waals surface area contributed by atoms with Gasteiger partial charge in [-0.2, -0.15) is 0 Å². The summed E-state index contributed by atoms with van der Waals surface area (Å²) >= 11 is 3.36. The van der Waals surface area contributed by atoms with Gasteiger partial charge < -0.3 is 9.73 Å². The van der Waals surface area contributed by atoms with E-state index in [1.807, 2.05) is 0 Å². The molecular weight excluding hydrogens is 353 g/mol. The Kier molecular flexibility index (Phi) is 3.04. The molecule has 0 radical (unpaired) electrons. The van der Waals surface area contributed by atoms with Crippen molar-refractivity contribution in [3.05, 3.63) is 52.8 Å². The van der Waals surface area contributed by atoms with Crippen LogP contribution in [0.15, 0.2) is 45.9 Å². The van der Waals surface area contributed by atoms with E-state index in [1.165, 1.54) is 6.07 Å². The van der Waals surface area contributed by atoms with Crippen LogP contribution < -0.4 is 5.32 Å². The van der Waals surface area contributed by atoms with Crippen molar-refractivity contribution in [2.45, 2.75) is 6.54 Å². The van der Waals surface area contributed by atoms with Crippen molar-refractivity contribution in [2.24, 2.45) is 0 Å². The summed E-state index contributed by atoms with van der Waals surface area (Å²) in [6, 6.07) is 4.76. The first-order valence-electron chi connectivity index (χ1n) is 6.47. The maximum absolute atomic E-state index is 14.1. The SMILES string of the molecule is Fc1ccc2occc2c1CNc1ncc(Br)c2nncn12. The second kappa shape index (κ2) is 5.06. The molecule has 0 aliphatic rings. The Morgan fingerprint density at radius 1 is 1.32 bits per heavy atom. The van der Waals surface area contributed by atoms with Crippen molar-refractivity contribution in [3.8, 4) is 0 Å². The van der Waals surface area contributed by atoms with Crippen molar-refractivity contribution >= 4 is 38.5 Å². The molecule has 4 aromatic rings. The Morgan fingerprint density at radius 2 is 2.23 bits per heavy atom. The highest BCUT2D eigenvalue weighted by molar-refractivity contribution is 9.10. The maximum atomic E-state index is 14.1. The number of nitrogens with one attached hydrogen (secondary N) is 1. The summed E-state index contributed by atoms with van der Waals surface area (Å²) in [5, 5.41) is 11.7. The quantitative estimate of drug-likeness (QED) is 0.605. The fourth-order valence-corrected chi connectivity index (χ4v) is 2.72. The number of aromatic nitrogens is 4. The lowest BCUT2D eigenvalue weighted by atomic mass is 10.1. The molecule has 110 valence electrons. The molecule has 0 saturated heterocycles. The van der Waals surface area contributed by atoms with Gasteiger partial charge in [0.05, 0.1) is 10.7 Å². The molecule has 22 heavy (non-hydrogen) atoms. The summed E-state index contributed by atoms with van der Waals surface area (Å²) in [5.74, 6) is 0.238. The Labute approximate surface area is 132 Å². The summed E-state index contributed by atoms with van der Waals surface area (Å²) in [6.07, 6.45) is 4.72. The predicted molar refractivity (Wildman–Crippen MR) is 82.0 cm³/mol. The number of rotatable bonds is 3. The Balaban J connectivity index is 1.72. The summed E-state index contributed by atoms with van der Waals surface area (Å²) < 4.78 is 21.8. The van der Waals surface area contributed by atoms with Crippen LogP contribution in [0.4, 0.5) is 10.3 Å². The maximum Gasteiger partial charge on any atom is 0.210 e. The number of benzene rings is 1. The van der Waals surface area contributed by atoms with Gasteiger partial charge in [-0.3, -0.25) is 4.40 Å². The first-order chi connectivity index (χ1) is 10.7. The highest BCUT2D eigenvalue weighted by Gasteiger charge is 2.12. The third kappa shape index (κ3) is 2.03. The monoisotopic (exact) mass is 361 g/mol. The van der Waals surface area contributed by atoms with Gasteiger partial charge in [0.2, 0.25) is 5.95 Å². The van der Waals surface area contributed by atoms with Crippen LogP contribution >= 0.6 is 15.9 Å². The number of hydrogen-bond acceptors (Lipinski definition) is 5. The Morgan fingerprint density at radius 3 is 3.14 bits per heavy atom. The van der Waals surface area contributed by atoms with E-state index in [4.69, 9.17) is 4.42 Å². The van der Waals surface area contributed by atoms with Crippen molar-refractivity contribution in [1.29, 1.82) is 0 Å². The van der Waals surface area contributed by atoms with Crippen molar-refractivity contribution in [2.75, 3.05) is 5.32 Å². The van der Waals surface area contributed by atoms with E-state index in [1.54, 1.807) is 35.3 Å². The first-order valence-corrected chi connectivity index (χ1v) is 7.26. The minimum atomic E-state index is -0.293. The van der Waals surface area contributed by atoms with E-state index < -0.39 is 0 Å². The number of fused-ring (bicyclic) bond motifs is 2. The van der Waals surface area contributed by atoms with Crippen molar-refractivity contribution < 1.29 is 8.81 Å². The number of halogens is 2. The Bertz CT molecular complexity index is 980. The van der Waals surface area contributed by atoms with Crippen molar-refractivity contribution in [3.63, 3.8) is 0 Å². The molecule has 0 unspecified atom stereocenters. The van der Waals surface area contributed by atoms with E-state index in [0.717, 1.165) is 9.86 Å². The van der Waals surface area contributed by atoms with Crippen LogP contribution in [0.25, 0.3) is 16.6 Å². The summed E-state index contributed by atoms with van der Waals surface area (Å²) in [5.41, 5.74) is 1.81. The van der Waals surface area contributed by atoms with Gasteiger partial charge in [-0.1, -0.05) is 0 Å². The van der Waals surface area contributed by atoms with Gasteiger partial charge in [-0.05, 0) is 34.1 Å². The molecule has 0 spiro atoms. The van der Waals surface area contributed by atoms with E-state index in [9.17, 15) is 4.39 Å². The molecular formula is C14H9BrFN5O. The van der Waals surface area contributed by atoms with Gasteiger partial charge in [-0.15, -0.1) is 10.2 Å². The van der Waals surface area contributed by atoms with Gasteiger partial charge in [-0.25, -0.2) is 9.37 Å². The fraction of sp³-hybridized carbons (Fsp3) is 0.0714. The lowest BCUT2D eigenvalue weighted by Gasteiger charge is -2.09. The van der Waals surface area contributed by atoms with E-state index in [2.05, 4.69) is 36.4 Å². The van der Waals surface area contributed by atoms with Crippen LogP contribution in [-0.2, 0) is 6.54 Å². The minimum Gasteiger partial charge on any atom is -0.464 e. The van der Waals surface area contributed by atoms with Gasteiger partial charge in [0, 0.05) is 23.7 Å². The van der Waals surface area contributed by atoms with Crippen LogP contribution in [-0.4, -0.2) is 19.6 Å². The molecule has 6 nitrogen and oxygen atoms in total. The zero-order valence-electron chi connectivity index (χ0n) is 11.1. The highest BCUT2D eigenvalue weighted by atomic mass is 79.9. The first kappa shape index (κ1) is 13.2. The summed E-state index contributed by atoms with van der Waals surface area (Å²) in [4.78, 5) is 4.27. The molecule has 0 aliphatic heterocycles. The molecule has 4 rings (SSSR count). The third-order valence-electron chi connectivity index (χ3n) is 3.40. The summed E-state index contributed by atoms with van der Waals surface area (Å²) in [7, 11) is 0. The predicted octanol–water partition coefficient (Wildman–Crippen LogP) is 3.38. The Hall–Kier alpha value is -2.48. The van der Waals surface area contributed by atoms with E-state index in [-0.39, 0.29) is 12.4 Å². The largest absolute Gasteiger partial charge is 0.464 e. The normalized spacial score (nSPS) is 11.4. The van der Waals surface area contributed by atoms with Gasteiger partial charge in [0.25, 0.3) is 0 Å². The van der Waals surface area contributed by atoms with Crippen LogP contribution in [0.5, 0.6) is 0 Å². The highest BCUT2D eigenvalue weighted by Crippen LogP contribution is 2.24. The van der Waals surface area contributed by atoms with Crippen LogP contribution in [0, 0.1) is 5.82 Å². The van der Waals surface area contributed by atoms with Gasteiger partial charge in [0.15, 0.2) is 5.65 Å². The van der Waals surface area contributed by atoms with Crippen LogP contribution in [0.3, 0.4) is 0 Å². The van der Waals surface area contributed by atoms with E-state index >= 15 is 0 Å². The van der Waals surface area contributed by atoms with Gasteiger partial charge >= 0.3 is 0 Å². The molecule has 1 N–H and O–H groups in total. The zero-order valence-corrected chi connectivity index (χ0v) is 12.7. The minimum absolute atomic E-state index is 0.268.